The van der Waals surface area contributed by atoms with Gasteiger partial charge in [-0.3, -0.25) is 9.59 Å². The highest BCUT2D eigenvalue weighted by Gasteiger charge is 2.47. The van der Waals surface area contributed by atoms with E-state index in [9.17, 15) is 14.7 Å². The predicted octanol–water partition coefficient (Wildman–Crippen LogP) is 4.35. The number of rotatable bonds is 10. The van der Waals surface area contributed by atoms with Gasteiger partial charge < -0.3 is 29.0 Å². The van der Waals surface area contributed by atoms with E-state index >= 15 is 0 Å². The minimum atomic E-state index is -0.894. The fraction of sp³-hybridized carbons (Fsp3) is 0.241. The largest absolute Gasteiger partial charge is 0.507 e. The molecule has 8 nitrogen and oxygen atoms in total. The van der Waals surface area contributed by atoms with Crippen molar-refractivity contribution in [3.8, 4) is 17.2 Å². The first-order valence-corrected chi connectivity index (χ1v) is 11.7. The zero-order chi connectivity index (χ0) is 26.4. The van der Waals surface area contributed by atoms with Crippen molar-refractivity contribution in [2.45, 2.75) is 12.6 Å². The van der Waals surface area contributed by atoms with Crippen LogP contribution < -0.4 is 14.2 Å². The first-order valence-electron chi connectivity index (χ1n) is 11.7. The molecular formula is C29H29NO7. The van der Waals surface area contributed by atoms with Crippen LogP contribution in [-0.2, 0) is 20.9 Å². The van der Waals surface area contributed by atoms with E-state index in [1.807, 2.05) is 30.3 Å². The second-order valence-corrected chi connectivity index (χ2v) is 8.39. The van der Waals surface area contributed by atoms with E-state index in [1.54, 1.807) is 42.5 Å². The summed E-state index contributed by atoms with van der Waals surface area (Å²) in [4.78, 5) is 27.6. The summed E-state index contributed by atoms with van der Waals surface area (Å²) in [6.07, 6.45) is 0. The summed E-state index contributed by atoms with van der Waals surface area (Å²) in [5, 5.41) is 11.3. The minimum Gasteiger partial charge on any atom is -0.507 e. The maximum Gasteiger partial charge on any atom is 0.295 e. The second kappa shape index (κ2) is 11.6. The Hall–Kier alpha value is -4.30. The normalized spacial score (nSPS) is 16.6. The fourth-order valence-corrected chi connectivity index (χ4v) is 4.28. The third-order valence-electron chi connectivity index (χ3n) is 6.18. The van der Waals surface area contributed by atoms with Crippen LogP contribution in [0.25, 0.3) is 5.76 Å². The van der Waals surface area contributed by atoms with E-state index < -0.39 is 17.7 Å². The Labute approximate surface area is 215 Å². The average Bonchev–Trinajstić information content (AvgIpc) is 3.19. The highest BCUT2D eigenvalue weighted by molar-refractivity contribution is 6.46. The van der Waals surface area contributed by atoms with Crippen LogP contribution in [-0.4, -0.2) is 56.2 Å². The quantitative estimate of drug-likeness (QED) is 0.250. The van der Waals surface area contributed by atoms with Crippen LogP contribution in [0.5, 0.6) is 17.2 Å². The van der Waals surface area contributed by atoms with Crippen molar-refractivity contribution < 1.29 is 33.6 Å². The number of ketones is 1. The van der Waals surface area contributed by atoms with Gasteiger partial charge in [-0.15, -0.1) is 0 Å². The van der Waals surface area contributed by atoms with Crippen molar-refractivity contribution in [1.82, 2.24) is 4.90 Å². The van der Waals surface area contributed by atoms with Crippen molar-refractivity contribution in [3.05, 3.63) is 95.1 Å². The molecule has 1 heterocycles. The first-order chi connectivity index (χ1) is 18.0. The first kappa shape index (κ1) is 25.8. The summed E-state index contributed by atoms with van der Waals surface area (Å²) in [5.74, 6) is -0.224. The molecule has 192 valence electrons. The number of nitrogens with zero attached hydrogens (tertiary/aromatic N) is 1. The minimum absolute atomic E-state index is 0.0365. The van der Waals surface area contributed by atoms with E-state index in [2.05, 4.69) is 0 Å². The van der Waals surface area contributed by atoms with Crippen LogP contribution in [0.2, 0.25) is 0 Å². The standard InChI is InChI=1S/C29H29NO7/c1-34-16-15-30-26(23-17-22(35-2)13-14-24(23)36-3)25(28(32)29(30)33)27(31)20-9-11-21(12-10-20)37-18-19-7-5-4-6-8-19/h4-14,17,26,31H,15-16,18H2,1-3H3/b27-25+. The summed E-state index contributed by atoms with van der Waals surface area (Å²) >= 11 is 0. The number of amides is 1. The Morgan fingerprint density at radius 1 is 0.892 bits per heavy atom. The molecule has 1 saturated heterocycles. The Kier molecular flexibility index (Phi) is 8.10. The molecule has 37 heavy (non-hydrogen) atoms. The van der Waals surface area contributed by atoms with Gasteiger partial charge >= 0.3 is 0 Å². The molecule has 0 bridgehead atoms. The number of hydrogen-bond donors (Lipinski definition) is 1. The van der Waals surface area contributed by atoms with Crippen LogP contribution in [0.3, 0.4) is 0 Å². The van der Waals surface area contributed by atoms with E-state index in [0.29, 0.717) is 35.0 Å². The Morgan fingerprint density at radius 3 is 2.24 bits per heavy atom. The number of likely N-dealkylation sites (tertiary alicyclic amines) is 1. The lowest BCUT2D eigenvalue weighted by atomic mass is 9.94. The van der Waals surface area contributed by atoms with Gasteiger partial charge in [-0.05, 0) is 48.0 Å². The van der Waals surface area contributed by atoms with E-state index in [-0.39, 0.29) is 24.5 Å². The van der Waals surface area contributed by atoms with Gasteiger partial charge in [0.2, 0.25) is 0 Å². The predicted molar refractivity (Wildman–Crippen MR) is 138 cm³/mol. The van der Waals surface area contributed by atoms with Gasteiger partial charge in [-0.25, -0.2) is 0 Å². The molecule has 3 aromatic rings. The number of ether oxygens (including phenoxy) is 4. The smallest absolute Gasteiger partial charge is 0.295 e. The van der Waals surface area contributed by atoms with Crippen LogP contribution >= 0.6 is 0 Å². The van der Waals surface area contributed by atoms with Crippen molar-refractivity contribution in [2.24, 2.45) is 0 Å². The molecule has 0 aromatic heterocycles. The molecule has 0 spiro atoms. The van der Waals surface area contributed by atoms with Gasteiger partial charge in [0.25, 0.3) is 11.7 Å². The van der Waals surface area contributed by atoms with Crippen LogP contribution in [0, 0.1) is 0 Å². The fourth-order valence-electron chi connectivity index (χ4n) is 4.28. The molecule has 4 rings (SSSR count). The maximum atomic E-state index is 13.2. The third kappa shape index (κ3) is 5.44. The zero-order valence-electron chi connectivity index (χ0n) is 21.0. The molecule has 0 saturated carbocycles. The lowest BCUT2D eigenvalue weighted by molar-refractivity contribution is -0.140. The van der Waals surface area contributed by atoms with Crippen molar-refractivity contribution in [2.75, 3.05) is 34.5 Å². The van der Waals surface area contributed by atoms with Gasteiger partial charge in [0.05, 0.1) is 32.4 Å². The maximum absolute atomic E-state index is 13.2. The summed E-state index contributed by atoms with van der Waals surface area (Å²) in [6, 6.07) is 20.7. The van der Waals surface area contributed by atoms with Crippen molar-refractivity contribution >= 4 is 17.4 Å². The van der Waals surface area contributed by atoms with Gasteiger partial charge in [-0.1, -0.05) is 30.3 Å². The molecule has 3 aromatic carbocycles. The summed E-state index contributed by atoms with van der Waals surface area (Å²) in [7, 11) is 4.54. The van der Waals surface area contributed by atoms with Crippen LogP contribution in [0.1, 0.15) is 22.7 Å². The molecule has 1 unspecified atom stereocenters. The molecule has 0 aliphatic carbocycles. The SMILES string of the molecule is COCCN1C(=O)C(=O)/C(=C(/O)c2ccc(OCc3ccccc3)cc2)C1c1cc(OC)ccc1OC. The van der Waals surface area contributed by atoms with Crippen LogP contribution in [0.4, 0.5) is 0 Å². The molecule has 0 radical (unpaired) electrons. The van der Waals surface area contributed by atoms with E-state index in [0.717, 1.165) is 5.56 Å². The lowest BCUT2D eigenvalue weighted by Gasteiger charge is -2.26. The molecule has 1 aliphatic heterocycles. The number of aliphatic hydroxyl groups is 1. The molecular weight excluding hydrogens is 474 g/mol. The van der Waals surface area contributed by atoms with Gasteiger partial charge in [-0.2, -0.15) is 0 Å². The summed E-state index contributed by atoms with van der Waals surface area (Å²) < 4.78 is 21.9. The number of hydrogen-bond acceptors (Lipinski definition) is 7. The molecule has 1 aliphatic rings. The average molecular weight is 504 g/mol. The molecule has 1 amide bonds. The third-order valence-corrected chi connectivity index (χ3v) is 6.18. The number of carbonyl (C=O) groups is 2. The Balaban J connectivity index is 1.72. The molecule has 1 atom stereocenters. The number of methoxy groups -OCH3 is 3. The number of carbonyl (C=O) groups excluding carboxylic acids is 2. The zero-order valence-corrected chi connectivity index (χ0v) is 21.0. The van der Waals surface area contributed by atoms with Gasteiger partial charge in [0.15, 0.2) is 0 Å². The summed E-state index contributed by atoms with van der Waals surface area (Å²) in [5.41, 5.74) is 1.88. The van der Waals surface area contributed by atoms with Crippen LogP contribution in [0.15, 0.2) is 78.4 Å². The lowest BCUT2D eigenvalue weighted by Crippen LogP contribution is -2.32. The number of Topliss-reactive ketones (excluding diaryl/α,β-unsaturated/α-hetero) is 1. The van der Waals surface area contributed by atoms with Crippen molar-refractivity contribution in [3.63, 3.8) is 0 Å². The van der Waals surface area contributed by atoms with E-state index in [1.165, 1.54) is 26.2 Å². The summed E-state index contributed by atoms with van der Waals surface area (Å²) in [6.45, 7) is 0.755. The Bertz CT molecular complexity index is 1290. The molecule has 1 N–H and O–H groups in total. The highest BCUT2D eigenvalue weighted by Crippen LogP contribution is 2.43. The Morgan fingerprint density at radius 2 is 1.59 bits per heavy atom. The number of aliphatic hydroxyl groups excluding tert-OH is 1. The molecule has 1 fully saturated rings. The van der Waals surface area contributed by atoms with E-state index in [4.69, 9.17) is 18.9 Å². The van der Waals surface area contributed by atoms with Gasteiger partial charge in [0.1, 0.15) is 29.6 Å². The number of benzene rings is 3. The van der Waals surface area contributed by atoms with Crippen molar-refractivity contribution in [1.29, 1.82) is 0 Å². The second-order valence-electron chi connectivity index (χ2n) is 8.39. The topological polar surface area (TPSA) is 94.5 Å². The van der Waals surface area contributed by atoms with Gasteiger partial charge in [0, 0.05) is 24.8 Å². The monoisotopic (exact) mass is 503 g/mol. The highest BCUT2D eigenvalue weighted by atomic mass is 16.5. The molecule has 8 heteroatoms.